The van der Waals surface area contributed by atoms with E-state index in [1.807, 2.05) is 72.8 Å². The Morgan fingerprint density at radius 1 is 0.960 bits per heavy atom. The Bertz CT molecular complexity index is 840. The number of carbonyl (C=O) groups excluding carboxylic acids is 1. The lowest BCUT2D eigenvalue weighted by atomic mass is 10.0. The molecule has 128 valence electrons. The van der Waals surface area contributed by atoms with Gasteiger partial charge in [-0.2, -0.15) is 0 Å². The zero-order valence-electron chi connectivity index (χ0n) is 14.6. The van der Waals surface area contributed by atoms with Crippen molar-refractivity contribution in [3.05, 3.63) is 78.4 Å². The van der Waals surface area contributed by atoms with Gasteiger partial charge in [-0.3, -0.25) is 4.79 Å². The van der Waals surface area contributed by atoms with Crippen molar-refractivity contribution in [2.45, 2.75) is 32.4 Å². The molecule has 3 heteroatoms. The zero-order chi connectivity index (χ0) is 17.6. The predicted octanol–water partition coefficient (Wildman–Crippen LogP) is 4.87. The molecule has 3 aromatic carbocycles. The van der Waals surface area contributed by atoms with Crippen LogP contribution in [-0.4, -0.2) is 12.0 Å². The van der Waals surface area contributed by atoms with Crippen LogP contribution in [-0.2, 0) is 4.79 Å². The number of benzene rings is 3. The van der Waals surface area contributed by atoms with Crippen LogP contribution in [0.5, 0.6) is 5.75 Å². The zero-order valence-corrected chi connectivity index (χ0v) is 14.6. The van der Waals surface area contributed by atoms with Crippen molar-refractivity contribution in [3.63, 3.8) is 0 Å². The van der Waals surface area contributed by atoms with Gasteiger partial charge in [0, 0.05) is 5.39 Å². The van der Waals surface area contributed by atoms with Crippen LogP contribution in [0.1, 0.15) is 31.9 Å². The minimum Gasteiger partial charge on any atom is -0.480 e. The van der Waals surface area contributed by atoms with Crippen LogP contribution in [0.3, 0.4) is 0 Å². The first-order valence-corrected chi connectivity index (χ1v) is 8.68. The average molecular weight is 333 g/mol. The van der Waals surface area contributed by atoms with Crippen LogP contribution in [0.2, 0.25) is 0 Å². The van der Waals surface area contributed by atoms with Crippen LogP contribution in [0.25, 0.3) is 10.8 Å². The Labute approximate surface area is 148 Å². The van der Waals surface area contributed by atoms with Gasteiger partial charge in [0.05, 0.1) is 6.04 Å². The van der Waals surface area contributed by atoms with Crippen LogP contribution in [0.15, 0.2) is 72.8 Å². The van der Waals surface area contributed by atoms with Crippen molar-refractivity contribution < 1.29 is 9.53 Å². The van der Waals surface area contributed by atoms with E-state index in [2.05, 4.69) is 12.2 Å². The van der Waals surface area contributed by atoms with Crippen molar-refractivity contribution >= 4 is 16.7 Å². The lowest BCUT2D eigenvalue weighted by Crippen LogP contribution is -2.38. The molecule has 0 saturated carbocycles. The summed E-state index contributed by atoms with van der Waals surface area (Å²) in [5.74, 6) is 0.622. The van der Waals surface area contributed by atoms with Crippen molar-refractivity contribution in [1.29, 1.82) is 0 Å². The van der Waals surface area contributed by atoms with Gasteiger partial charge in [-0.25, -0.2) is 0 Å². The van der Waals surface area contributed by atoms with E-state index in [1.54, 1.807) is 6.92 Å². The number of rotatable bonds is 6. The number of amides is 1. The maximum Gasteiger partial charge on any atom is 0.261 e. The molecule has 3 nitrogen and oxygen atoms in total. The molecule has 2 atom stereocenters. The SMILES string of the molecule is CC[C@H](NC(=O)[C@H](C)Oc1cccc2ccccc12)c1ccccc1. The van der Waals surface area contributed by atoms with E-state index in [1.165, 1.54) is 0 Å². The van der Waals surface area contributed by atoms with E-state index in [4.69, 9.17) is 4.74 Å². The van der Waals surface area contributed by atoms with Crippen molar-refractivity contribution in [2.75, 3.05) is 0 Å². The molecular formula is C22H23NO2. The number of hydrogen-bond donors (Lipinski definition) is 1. The fourth-order valence-corrected chi connectivity index (χ4v) is 2.94. The third-order valence-electron chi connectivity index (χ3n) is 4.35. The van der Waals surface area contributed by atoms with Crippen LogP contribution >= 0.6 is 0 Å². The highest BCUT2D eigenvalue weighted by atomic mass is 16.5. The summed E-state index contributed by atoms with van der Waals surface area (Å²) >= 11 is 0. The molecule has 0 aromatic heterocycles. The van der Waals surface area contributed by atoms with Gasteiger partial charge in [-0.05, 0) is 30.4 Å². The molecule has 0 fully saturated rings. The highest BCUT2D eigenvalue weighted by Gasteiger charge is 2.19. The fourth-order valence-electron chi connectivity index (χ4n) is 2.94. The summed E-state index contributed by atoms with van der Waals surface area (Å²) in [5.41, 5.74) is 1.11. The van der Waals surface area contributed by atoms with E-state index in [0.717, 1.165) is 28.5 Å². The Hall–Kier alpha value is -2.81. The van der Waals surface area contributed by atoms with Gasteiger partial charge in [0.25, 0.3) is 5.91 Å². The van der Waals surface area contributed by atoms with Gasteiger partial charge < -0.3 is 10.1 Å². The highest BCUT2D eigenvalue weighted by molar-refractivity contribution is 5.89. The third-order valence-corrected chi connectivity index (χ3v) is 4.35. The van der Waals surface area contributed by atoms with Gasteiger partial charge in [-0.1, -0.05) is 73.7 Å². The van der Waals surface area contributed by atoms with Gasteiger partial charge in [0.2, 0.25) is 0 Å². The monoisotopic (exact) mass is 333 g/mol. The molecule has 0 saturated heterocycles. The first kappa shape index (κ1) is 17.0. The van der Waals surface area contributed by atoms with Crippen molar-refractivity contribution in [2.24, 2.45) is 0 Å². The molecule has 1 N–H and O–H groups in total. The Morgan fingerprint density at radius 3 is 2.40 bits per heavy atom. The topological polar surface area (TPSA) is 38.3 Å². The summed E-state index contributed by atoms with van der Waals surface area (Å²) in [6.07, 6.45) is 0.264. The third kappa shape index (κ3) is 4.00. The molecule has 0 aliphatic heterocycles. The average Bonchev–Trinajstić information content (AvgIpc) is 2.67. The quantitative estimate of drug-likeness (QED) is 0.698. The lowest BCUT2D eigenvalue weighted by Gasteiger charge is -2.21. The summed E-state index contributed by atoms with van der Waals surface area (Å²) in [4.78, 5) is 12.6. The highest BCUT2D eigenvalue weighted by Crippen LogP contribution is 2.26. The number of fused-ring (bicyclic) bond motifs is 1. The van der Waals surface area contributed by atoms with Gasteiger partial charge in [0.15, 0.2) is 6.10 Å². The van der Waals surface area contributed by atoms with Gasteiger partial charge in [-0.15, -0.1) is 0 Å². The standard InChI is InChI=1S/C22H23NO2/c1-3-20(18-11-5-4-6-12-18)23-22(24)16(2)25-21-15-9-13-17-10-7-8-14-19(17)21/h4-16,20H,3H2,1-2H3,(H,23,24)/t16-,20-/m0/s1. The second kappa shape index (κ2) is 7.84. The Morgan fingerprint density at radius 2 is 1.64 bits per heavy atom. The van der Waals surface area contributed by atoms with Crippen molar-refractivity contribution in [3.8, 4) is 5.75 Å². The Balaban J connectivity index is 1.72. The molecule has 0 heterocycles. The van der Waals surface area contributed by atoms with E-state index in [9.17, 15) is 4.79 Å². The summed E-state index contributed by atoms with van der Waals surface area (Å²) in [5, 5.41) is 5.20. The second-order valence-electron chi connectivity index (χ2n) is 6.12. The van der Waals surface area contributed by atoms with E-state index in [0.29, 0.717) is 0 Å². The minimum absolute atomic E-state index is 0.00716. The molecular weight excluding hydrogens is 310 g/mol. The summed E-state index contributed by atoms with van der Waals surface area (Å²) in [6, 6.07) is 23.9. The molecule has 1 amide bonds. The second-order valence-corrected chi connectivity index (χ2v) is 6.12. The number of ether oxygens (including phenoxy) is 1. The summed E-state index contributed by atoms with van der Waals surface area (Å²) in [6.45, 7) is 3.85. The van der Waals surface area contributed by atoms with E-state index < -0.39 is 6.10 Å². The normalized spacial score (nSPS) is 13.2. The van der Waals surface area contributed by atoms with E-state index >= 15 is 0 Å². The maximum atomic E-state index is 12.6. The predicted molar refractivity (Wildman–Crippen MR) is 102 cm³/mol. The molecule has 0 aliphatic carbocycles. The lowest BCUT2D eigenvalue weighted by molar-refractivity contribution is -0.128. The molecule has 3 rings (SSSR count). The molecule has 0 unspecified atom stereocenters. The molecule has 0 aliphatic rings. The number of hydrogen-bond acceptors (Lipinski definition) is 2. The first-order valence-electron chi connectivity index (χ1n) is 8.68. The molecule has 3 aromatic rings. The smallest absolute Gasteiger partial charge is 0.261 e. The Kier molecular flexibility index (Phi) is 5.34. The van der Waals surface area contributed by atoms with Crippen LogP contribution in [0.4, 0.5) is 0 Å². The fraction of sp³-hybridized carbons (Fsp3) is 0.227. The van der Waals surface area contributed by atoms with E-state index in [-0.39, 0.29) is 11.9 Å². The maximum absolute atomic E-state index is 12.6. The number of nitrogens with one attached hydrogen (secondary N) is 1. The largest absolute Gasteiger partial charge is 0.480 e. The van der Waals surface area contributed by atoms with Crippen LogP contribution < -0.4 is 10.1 Å². The molecule has 0 radical (unpaired) electrons. The molecule has 0 bridgehead atoms. The number of carbonyl (C=O) groups is 1. The first-order chi connectivity index (χ1) is 12.2. The molecule has 25 heavy (non-hydrogen) atoms. The van der Waals surface area contributed by atoms with Crippen molar-refractivity contribution in [1.82, 2.24) is 5.32 Å². The minimum atomic E-state index is -0.566. The van der Waals surface area contributed by atoms with Gasteiger partial charge in [0.1, 0.15) is 5.75 Å². The van der Waals surface area contributed by atoms with Crippen LogP contribution in [0, 0.1) is 0 Å². The van der Waals surface area contributed by atoms with Gasteiger partial charge >= 0.3 is 0 Å². The summed E-state index contributed by atoms with van der Waals surface area (Å²) < 4.78 is 5.96. The summed E-state index contributed by atoms with van der Waals surface area (Å²) in [7, 11) is 0. The molecule has 0 spiro atoms.